The maximum atomic E-state index is 13.9. The van der Waals surface area contributed by atoms with E-state index in [1.54, 1.807) is 60.7 Å². The standard InChI is InChI=1S/C28H24ClFN2O5S/c1-3-36-24-12-18(9-11-23(24)37-16-19-6-4-5-7-22(19)30)13-25-27(34)32(28(35)38-25)15-26(33)31-20-10-8-17(2)21(29)14-20/h4-14H,3,15-16H2,1-2H3,(H,31,33)/b25-13+. The van der Waals surface area contributed by atoms with E-state index < -0.39 is 23.6 Å². The number of anilines is 1. The van der Waals surface area contributed by atoms with Crippen LogP contribution >= 0.6 is 23.4 Å². The zero-order valence-corrected chi connectivity index (χ0v) is 22.2. The van der Waals surface area contributed by atoms with Crippen LogP contribution in [0.3, 0.4) is 0 Å². The molecule has 1 saturated heterocycles. The number of hydrogen-bond donors (Lipinski definition) is 1. The third-order valence-electron chi connectivity index (χ3n) is 5.54. The van der Waals surface area contributed by atoms with Crippen LogP contribution in [0.15, 0.2) is 65.6 Å². The molecule has 1 aliphatic rings. The largest absolute Gasteiger partial charge is 0.490 e. The molecular formula is C28H24ClFN2O5S. The van der Waals surface area contributed by atoms with Gasteiger partial charge < -0.3 is 14.8 Å². The molecule has 1 aliphatic heterocycles. The molecule has 1 heterocycles. The molecule has 0 aromatic heterocycles. The number of nitrogens with one attached hydrogen (secondary N) is 1. The van der Waals surface area contributed by atoms with Crippen molar-refractivity contribution in [2.45, 2.75) is 20.5 Å². The number of imide groups is 1. The fourth-order valence-corrected chi connectivity index (χ4v) is 4.59. The quantitative estimate of drug-likeness (QED) is 0.306. The number of ether oxygens (including phenoxy) is 2. The molecule has 196 valence electrons. The first kappa shape index (κ1) is 27.2. The summed E-state index contributed by atoms with van der Waals surface area (Å²) in [7, 11) is 0. The lowest BCUT2D eigenvalue weighted by atomic mass is 10.1. The Labute approximate surface area is 228 Å². The van der Waals surface area contributed by atoms with E-state index in [0.717, 1.165) is 22.2 Å². The smallest absolute Gasteiger partial charge is 0.294 e. The maximum Gasteiger partial charge on any atom is 0.294 e. The Hall–Kier alpha value is -3.82. The highest BCUT2D eigenvalue weighted by Crippen LogP contribution is 2.35. The number of halogens is 2. The fraction of sp³-hybridized carbons (Fsp3) is 0.179. The summed E-state index contributed by atoms with van der Waals surface area (Å²) in [5, 5.41) is 2.59. The number of rotatable bonds is 9. The van der Waals surface area contributed by atoms with Crippen molar-refractivity contribution in [1.82, 2.24) is 4.90 Å². The second-order valence-electron chi connectivity index (χ2n) is 8.30. The Balaban J connectivity index is 1.45. The number of carbonyl (C=O) groups excluding carboxylic acids is 3. The Morgan fingerprint density at radius 2 is 1.87 bits per heavy atom. The minimum absolute atomic E-state index is 0.0157. The zero-order valence-electron chi connectivity index (χ0n) is 20.6. The van der Waals surface area contributed by atoms with Gasteiger partial charge in [0.05, 0.1) is 11.5 Å². The van der Waals surface area contributed by atoms with Crippen molar-refractivity contribution in [2.24, 2.45) is 0 Å². The van der Waals surface area contributed by atoms with Crippen LogP contribution in [0.1, 0.15) is 23.6 Å². The van der Waals surface area contributed by atoms with Crippen LogP contribution in [0.25, 0.3) is 6.08 Å². The fourth-order valence-electron chi connectivity index (χ4n) is 3.58. The normalized spacial score (nSPS) is 14.2. The second-order valence-corrected chi connectivity index (χ2v) is 9.70. The summed E-state index contributed by atoms with van der Waals surface area (Å²) in [4.78, 5) is 38.9. The first-order valence-electron chi connectivity index (χ1n) is 11.7. The van der Waals surface area contributed by atoms with Crippen molar-refractivity contribution in [3.05, 3.63) is 93.1 Å². The van der Waals surface area contributed by atoms with Crippen LogP contribution in [0, 0.1) is 12.7 Å². The highest BCUT2D eigenvalue weighted by Gasteiger charge is 2.36. The van der Waals surface area contributed by atoms with E-state index in [4.69, 9.17) is 21.1 Å². The van der Waals surface area contributed by atoms with Crippen molar-refractivity contribution >= 4 is 52.2 Å². The van der Waals surface area contributed by atoms with Crippen LogP contribution in [-0.2, 0) is 16.2 Å². The molecule has 7 nitrogen and oxygen atoms in total. The molecule has 0 unspecified atom stereocenters. The van der Waals surface area contributed by atoms with Crippen molar-refractivity contribution in [2.75, 3.05) is 18.5 Å². The lowest BCUT2D eigenvalue weighted by Gasteiger charge is -2.13. The molecule has 0 atom stereocenters. The van der Waals surface area contributed by atoms with Crippen LogP contribution in [0.4, 0.5) is 14.9 Å². The summed E-state index contributed by atoms with van der Waals surface area (Å²) < 4.78 is 25.4. The molecule has 1 N–H and O–H groups in total. The van der Waals surface area contributed by atoms with Gasteiger partial charge in [-0.3, -0.25) is 19.3 Å². The van der Waals surface area contributed by atoms with E-state index in [0.29, 0.717) is 39.9 Å². The first-order valence-corrected chi connectivity index (χ1v) is 12.9. The van der Waals surface area contributed by atoms with Gasteiger partial charge in [-0.2, -0.15) is 0 Å². The van der Waals surface area contributed by atoms with E-state index in [2.05, 4.69) is 5.32 Å². The summed E-state index contributed by atoms with van der Waals surface area (Å²) in [6, 6.07) is 16.4. The third-order valence-corrected chi connectivity index (χ3v) is 6.85. The van der Waals surface area contributed by atoms with E-state index in [9.17, 15) is 18.8 Å². The molecule has 38 heavy (non-hydrogen) atoms. The van der Waals surface area contributed by atoms with Crippen LogP contribution < -0.4 is 14.8 Å². The van der Waals surface area contributed by atoms with Gasteiger partial charge in [0.2, 0.25) is 5.91 Å². The topological polar surface area (TPSA) is 84.9 Å². The van der Waals surface area contributed by atoms with Gasteiger partial charge in [-0.25, -0.2) is 4.39 Å². The summed E-state index contributed by atoms with van der Waals surface area (Å²) >= 11 is 6.84. The maximum absolute atomic E-state index is 13.9. The molecule has 3 aromatic carbocycles. The van der Waals surface area contributed by atoms with Gasteiger partial charge in [0.25, 0.3) is 11.1 Å². The molecule has 0 aliphatic carbocycles. The molecule has 0 radical (unpaired) electrons. The molecular weight excluding hydrogens is 531 g/mol. The molecule has 1 fully saturated rings. The summed E-state index contributed by atoms with van der Waals surface area (Å²) in [6.07, 6.45) is 1.55. The minimum Gasteiger partial charge on any atom is -0.490 e. The Morgan fingerprint density at radius 1 is 1.08 bits per heavy atom. The highest BCUT2D eigenvalue weighted by molar-refractivity contribution is 8.18. The predicted molar refractivity (Wildman–Crippen MR) is 146 cm³/mol. The number of carbonyl (C=O) groups is 3. The van der Waals surface area contributed by atoms with Crippen LogP contribution in [0.5, 0.6) is 11.5 Å². The Bertz CT molecular complexity index is 1430. The molecule has 4 rings (SSSR count). The van der Waals surface area contributed by atoms with Gasteiger partial charge in [0.15, 0.2) is 11.5 Å². The summed E-state index contributed by atoms with van der Waals surface area (Å²) in [5.41, 5.74) is 2.32. The van der Waals surface area contributed by atoms with Gasteiger partial charge in [-0.05, 0) is 73.1 Å². The Morgan fingerprint density at radius 3 is 2.61 bits per heavy atom. The highest BCUT2D eigenvalue weighted by atomic mass is 35.5. The van der Waals surface area contributed by atoms with Gasteiger partial charge >= 0.3 is 0 Å². The minimum atomic E-state index is -0.574. The van der Waals surface area contributed by atoms with Crippen molar-refractivity contribution in [1.29, 1.82) is 0 Å². The van der Waals surface area contributed by atoms with E-state index in [-0.39, 0.29) is 17.3 Å². The van der Waals surface area contributed by atoms with E-state index >= 15 is 0 Å². The number of hydrogen-bond acceptors (Lipinski definition) is 6. The van der Waals surface area contributed by atoms with Crippen LogP contribution in [0.2, 0.25) is 5.02 Å². The number of amides is 3. The molecule has 0 saturated carbocycles. The second kappa shape index (κ2) is 12.1. The van der Waals surface area contributed by atoms with Crippen LogP contribution in [-0.4, -0.2) is 35.1 Å². The molecule has 0 spiro atoms. The number of nitrogens with zero attached hydrogens (tertiary/aromatic N) is 1. The third kappa shape index (κ3) is 6.54. The molecule has 3 amide bonds. The number of thioether (sulfide) groups is 1. The van der Waals surface area contributed by atoms with Crippen molar-refractivity contribution in [3.8, 4) is 11.5 Å². The number of aryl methyl sites for hydroxylation is 1. The van der Waals surface area contributed by atoms with Gasteiger partial charge in [-0.1, -0.05) is 41.9 Å². The molecule has 0 bridgehead atoms. The SMILES string of the molecule is CCOc1cc(/C=C2/SC(=O)N(CC(=O)Nc3ccc(C)c(Cl)c3)C2=O)ccc1OCc1ccccc1F. The predicted octanol–water partition coefficient (Wildman–Crippen LogP) is 6.44. The average Bonchev–Trinajstić information content (AvgIpc) is 3.14. The van der Waals surface area contributed by atoms with Crippen molar-refractivity contribution < 1.29 is 28.2 Å². The Kier molecular flexibility index (Phi) is 8.70. The molecule has 3 aromatic rings. The monoisotopic (exact) mass is 554 g/mol. The lowest BCUT2D eigenvalue weighted by Crippen LogP contribution is -2.36. The van der Waals surface area contributed by atoms with Gasteiger partial charge in [-0.15, -0.1) is 0 Å². The van der Waals surface area contributed by atoms with E-state index in [1.807, 2.05) is 13.8 Å². The van der Waals surface area contributed by atoms with Crippen molar-refractivity contribution in [3.63, 3.8) is 0 Å². The number of benzene rings is 3. The summed E-state index contributed by atoms with van der Waals surface area (Å²) in [5.74, 6) is -0.645. The first-order chi connectivity index (χ1) is 18.2. The summed E-state index contributed by atoms with van der Waals surface area (Å²) in [6.45, 7) is 3.60. The lowest BCUT2D eigenvalue weighted by molar-refractivity contribution is -0.127. The van der Waals surface area contributed by atoms with Gasteiger partial charge in [0.1, 0.15) is 19.0 Å². The zero-order chi connectivity index (χ0) is 27.2. The van der Waals surface area contributed by atoms with Gasteiger partial charge in [0, 0.05) is 16.3 Å². The van der Waals surface area contributed by atoms with E-state index in [1.165, 1.54) is 6.07 Å². The average molecular weight is 555 g/mol. The molecule has 10 heteroatoms.